The van der Waals surface area contributed by atoms with Gasteiger partial charge in [-0.05, 0) is 6.42 Å². The average Bonchev–Trinajstić information content (AvgIpc) is 2.42. The minimum atomic E-state index is -1.07. The highest BCUT2D eigenvalue weighted by Crippen LogP contribution is 2.01. The number of aromatic amines is 1. The van der Waals surface area contributed by atoms with Crippen LogP contribution in [0.5, 0.6) is 0 Å². The lowest BCUT2D eigenvalue weighted by molar-refractivity contribution is -0.142. The van der Waals surface area contributed by atoms with Crippen molar-refractivity contribution in [3.63, 3.8) is 0 Å². The van der Waals surface area contributed by atoms with E-state index in [0.717, 1.165) is 6.42 Å². The maximum atomic E-state index is 11.7. The Morgan fingerprint density at radius 2 is 2.14 bits per heavy atom. The zero-order valence-corrected chi connectivity index (χ0v) is 11.8. The number of carboxylic acid groups (broad SMARTS) is 1. The third-order valence-corrected chi connectivity index (χ3v) is 2.96. The Morgan fingerprint density at radius 1 is 1.43 bits per heavy atom. The number of carbonyl (C=O) groups excluding carboxylic acids is 1. The highest BCUT2D eigenvalue weighted by atomic mass is 16.4. The summed E-state index contributed by atoms with van der Waals surface area (Å²) in [7, 11) is 0. The molecule has 1 rings (SSSR count). The van der Waals surface area contributed by atoms with Gasteiger partial charge in [0, 0.05) is 25.2 Å². The Hall–Kier alpha value is -2.38. The smallest absolute Gasteiger partial charge is 0.328 e. The molecule has 0 aliphatic rings. The van der Waals surface area contributed by atoms with Gasteiger partial charge in [0.25, 0.3) is 5.56 Å². The summed E-state index contributed by atoms with van der Waals surface area (Å²) in [6.07, 6.45) is 3.17. The predicted octanol–water partition coefficient (Wildman–Crippen LogP) is -0.314. The summed E-state index contributed by atoms with van der Waals surface area (Å²) in [6, 6.07) is 0.269. The maximum absolute atomic E-state index is 11.7. The summed E-state index contributed by atoms with van der Waals surface area (Å²) in [5, 5.41) is 11.4. The molecule has 0 fully saturated rings. The third-order valence-electron chi connectivity index (χ3n) is 2.96. The molecule has 1 heterocycles. The van der Waals surface area contributed by atoms with Crippen molar-refractivity contribution in [3.05, 3.63) is 33.1 Å². The number of nitrogens with zero attached hydrogens (tertiary/aromatic N) is 1. The molecule has 21 heavy (non-hydrogen) atoms. The van der Waals surface area contributed by atoms with E-state index in [1.54, 1.807) is 0 Å². The van der Waals surface area contributed by atoms with Gasteiger partial charge >= 0.3 is 11.7 Å². The van der Waals surface area contributed by atoms with Crippen LogP contribution in [0.15, 0.2) is 21.9 Å². The molecule has 116 valence electrons. The molecule has 0 aliphatic carbocycles. The molecule has 8 heteroatoms. The summed E-state index contributed by atoms with van der Waals surface area (Å²) in [6.45, 7) is 2.00. The maximum Gasteiger partial charge on any atom is 0.328 e. The fraction of sp³-hybridized carbons (Fsp3) is 0.538. The number of amides is 1. The van der Waals surface area contributed by atoms with Gasteiger partial charge in [-0.25, -0.2) is 9.59 Å². The molecule has 0 aliphatic heterocycles. The minimum Gasteiger partial charge on any atom is -0.480 e. The largest absolute Gasteiger partial charge is 0.480 e. The van der Waals surface area contributed by atoms with Gasteiger partial charge in [0.1, 0.15) is 6.04 Å². The number of rotatable bonds is 8. The van der Waals surface area contributed by atoms with E-state index in [0.29, 0.717) is 12.8 Å². The van der Waals surface area contributed by atoms with Crippen LogP contribution in [0, 0.1) is 0 Å². The summed E-state index contributed by atoms with van der Waals surface area (Å²) < 4.78 is 1.18. The van der Waals surface area contributed by atoms with Crippen molar-refractivity contribution in [2.24, 2.45) is 0 Å². The molecule has 0 bridgehead atoms. The highest BCUT2D eigenvalue weighted by molar-refractivity contribution is 5.83. The number of hydrogen-bond acceptors (Lipinski definition) is 4. The number of carbonyl (C=O) groups is 2. The van der Waals surface area contributed by atoms with Crippen LogP contribution in [-0.4, -0.2) is 32.6 Å². The monoisotopic (exact) mass is 297 g/mol. The van der Waals surface area contributed by atoms with Gasteiger partial charge in [0.05, 0.1) is 0 Å². The molecule has 3 N–H and O–H groups in total. The summed E-state index contributed by atoms with van der Waals surface area (Å²) in [5.41, 5.74) is -1.11. The van der Waals surface area contributed by atoms with Crippen molar-refractivity contribution in [2.45, 2.75) is 45.2 Å². The molecule has 1 amide bonds. The van der Waals surface area contributed by atoms with Crippen LogP contribution >= 0.6 is 0 Å². The highest BCUT2D eigenvalue weighted by Gasteiger charge is 2.18. The van der Waals surface area contributed by atoms with Crippen molar-refractivity contribution in [3.8, 4) is 0 Å². The van der Waals surface area contributed by atoms with Crippen LogP contribution in [0.2, 0.25) is 0 Å². The number of hydrogen-bond donors (Lipinski definition) is 3. The number of aromatic nitrogens is 2. The zero-order valence-electron chi connectivity index (χ0n) is 11.8. The molecule has 1 unspecified atom stereocenters. The first-order valence-electron chi connectivity index (χ1n) is 6.76. The van der Waals surface area contributed by atoms with Gasteiger partial charge in [-0.15, -0.1) is 0 Å². The van der Waals surface area contributed by atoms with Crippen molar-refractivity contribution >= 4 is 11.9 Å². The Bertz CT molecular complexity index is 604. The topological polar surface area (TPSA) is 121 Å². The molecule has 8 nitrogen and oxygen atoms in total. The van der Waals surface area contributed by atoms with Crippen LogP contribution in [0.1, 0.15) is 32.6 Å². The molecule has 0 spiro atoms. The minimum absolute atomic E-state index is 0.0398. The van der Waals surface area contributed by atoms with E-state index in [2.05, 4.69) is 10.3 Å². The fourth-order valence-electron chi connectivity index (χ4n) is 1.77. The average molecular weight is 297 g/mol. The second-order valence-corrected chi connectivity index (χ2v) is 4.65. The predicted molar refractivity (Wildman–Crippen MR) is 75.0 cm³/mol. The molecular weight excluding hydrogens is 278 g/mol. The summed E-state index contributed by atoms with van der Waals surface area (Å²) >= 11 is 0. The van der Waals surface area contributed by atoms with E-state index in [1.165, 1.54) is 16.8 Å². The van der Waals surface area contributed by atoms with E-state index in [1.807, 2.05) is 6.92 Å². The Morgan fingerprint density at radius 3 is 2.71 bits per heavy atom. The first kappa shape index (κ1) is 16.7. The van der Waals surface area contributed by atoms with E-state index in [4.69, 9.17) is 5.11 Å². The molecule has 0 saturated carbocycles. The van der Waals surface area contributed by atoms with Crippen LogP contribution in [0.3, 0.4) is 0 Å². The molecule has 1 atom stereocenters. The van der Waals surface area contributed by atoms with Crippen molar-refractivity contribution in [2.75, 3.05) is 0 Å². The first-order chi connectivity index (χ1) is 9.93. The second-order valence-electron chi connectivity index (χ2n) is 4.65. The van der Waals surface area contributed by atoms with Gasteiger partial charge in [-0.1, -0.05) is 19.8 Å². The number of carboxylic acids is 1. The third kappa shape index (κ3) is 5.64. The van der Waals surface area contributed by atoms with Gasteiger partial charge < -0.3 is 15.0 Å². The number of aryl methyl sites for hydroxylation is 1. The van der Waals surface area contributed by atoms with Gasteiger partial charge in [-0.3, -0.25) is 14.6 Å². The van der Waals surface area contributed by atoms with Crippen molar-refractivity contribution in [1.82, 2.24) is 14.9 Å². The first-order valence-corrected chi connectivity index (χ1v) is 6.76. The zero-order chi connectivity index (χ0) is 15.8. The SMILES string of the molecule is CCCCC(NC(=O)CCn1ccc(=O)[nH]c1=O)C(=O)O. The Labute approximate surface area is 120 Å². The molecule has 1 aromatic heterocycles. The lowest BCUT2D eigenvalue weighted by atomic mass is 10.1. The quantitative estimate of drug-likeness (QED) is 0.607. The van der Waals surface area contributed by atoms with Crippen molar-refractivity contribution < 1.29 is 14.7 Å². The van der Waals surface area contributed by atoms with E-state index < -0.39 is 29.2 Å². The van der Waals surface area contributed by atoms with E-state index >= 15 is 0 Å². The Kier molecular flexibility index (Phi) is 6.38. The normalized spacial score (nSPS) is 11.9. The summed E-state index contributed by atoms with van der Waals surface area (Å²) in [4.78, 5) is 47.1. The van der Waals surface area contributed by atoms with Crippen LogP contribution in [0.25, 0.3) is 0 Å². The van der Waals surface area contributed by atoms with Gasteiger partial charge in [-0.2, -0.15) is 0 Å². The molecular formula is C13H19N3O5. The van der Waals surface area contributed by atoms with Crippen molar-refractivity contribution in [1.29, 1.82) is 0 Å². The standard InChI is InChI=1S/C13H19N3O5/c1-2-3-4-9(12(19)20)14-10(17)5-7-16-8-6-11(18)15-13(16)21/h6,8-9H,2-5,7H2,1H3,(H,14,17)(H,19,20)(H,15,18,21). The molecule has 0 saturated heterocycles. The number of H-pyrrole nitrogens is 1. The molecule has 0 aromatic carbocycles. The Balaban J connectivity index is 2.54. The number of nitrogens with one attached hydrogen (secondary N) is 2. The molecule has 1 aromatic rings. The fourth-order valence-corrected chi connectivity index (χ4v) is 1.77. The van der Waals surface area contributed by atoms with Crippen LogP contribution in [-0.2, 0) is 16.1 Å². The lowest BCUT2D eigenvalue weighted by Gasteiger charge is -2.14. The van der Waals surface area contributed by atoms with E-state index in [-0.39, 0.29) is 13.0 Å². The van der Waals surface area contributed by atoms with E-state index in [9.17, 15) is 19.2 Å². The van der Waals surface area contributed by atoms with Crippen LogP contribution < -0.4 is 16.6 Å². The summed E-state index contributed by atoms with van der Waals surface area (Å²) in [5.74, 6) is -1.52. The number of unbranched alkanes of at least 4 members (excludes halogenated alkanes) is 1. The van der Waals surface area contributed by atoms with Gasteiger partial charge in [0.2, 0.25) is 5.91 Å². The number of aliphatic carboxylic acids is 1. The van der Waals surface area contributed by atoms with Gasteiger partial charge in [0.15, 0.2) is 0 Å². The second kappa shape index (κ2) is 8.03. The van der Waals surface area contributed by atoms with Crippen LogP contribution in [0.4, 0.5) is 0 Å². The molecule has 0 radical (unpaired) electrons. The lowest BCUT2D eigenvalue weighted by Crippen LogP contribution is -2.41.